The molecule has 1 N–H and O–H groups in total. The number of sulfone groups is 1. The zero-order chi connectivity index (χ0) is 17.5. The van der Waals surface area contributed by atoms with Crippen LogP contribution in [0.1, 0.15) is 89.9 Å². The molecular formula is C21H36O3S. The molecule has 0 aromatic heterocycles. The van der Waals surface area contributed by atoms with Crippen LogP contribution in [0.15, 0.2) is 0 Å². The Labute approximate surface area is 153 Å². The lowest BCUT2D eigenvalue weighted by molar-refractivity contribution is -0.0718. The van der Waals surface area contributed by atoms with Crippen LogP contribution in [0, 0.1) is 23.2 Å². The zero-order valence-corrected chi connectivity index (χ0v) is 16.5. The Kier molecular flexibility index (Phi) is 5.22. The Morgan fingerprint density at radius 1 is 0.760 bits per heavy atom. The average Bonchev–Trinajstić information content (AvgIpc) is 2.69. The van der Waals surface area contributed by atoms with Gasteiger partial charge in [0.2, 0.25) is 0 Å². The van der Waals surface area contributed by atoms with Crippen LogP contribution >= 0.6 is 0 Å². The van der Waals surface area contributed by atoms with Crippen molar-refractivity contribution in [2.45, 2.75) is 101 Å². The van der Waals surface area contributed by atoms with Gasteiger partial charge in [0.15, 0.2) is 9.84 Å². The summed E-state index contributed by atoms with van der Waals surface area (Å²) in [5.41, 5.74) is -0.337. The highest BCUT2D eigenvalue weighted by atomic mass is 32.2. The van der Waals surface area contributed by atoms with E-state index in [0.717, 1.165) is 51.4 Å². The summed E-state index contributed by atoms with van der Waals surface area (Å²) >= 11 is 0. The lowest BCUT2D eigenvalue weighted by atomic mass is 9.59. The van der Waals surface area contributed by atoms with Crippen LogP contribution in [0.25, 0.3) is 0 Å². The second kappa shape index (κ2) is 7.14. The van der Waals surface area contributed by atoms with Gasteiger partial charge in [-0.3, -0.25) is 0 Å². The van der Waals surface area contributed by atoms with Crippen LogP contribution in [0.4, 0.5) is 0 Å². The first-order valence-electron chi connectivity index (χ1n) is 10.9. The highest BCUT2D eigenvalue weighted by molar-refractivity contribution is 7.92. The number of aliphatic hydroxyl groups is 1. The van der Waals surface area contributed by atoms with Crippen LogP contribution in [0.2, 0.25) is 0 Å². The maximum Gasteiger partial charge on any atom is 0.154 e. The smallest absolute Gasteiger partial charge is 0.154 e. The van der Waals surface area contributed by atoms with Crippen molar-refractivity contribution in [3.63, 3.8) is 0 Å². The number of hydrogen-bond acceptors (Lipinski definition) is 3. The molecule has 4 unspecified atom stereocenters. The molecule has 0 bridgehead atoms. The molecule has 1 spiro atoms. The quantitative estimate of drug-likeness (QED) is 0.742. The molecule has 1 saturated heterocycles. The Hall–Kier alpha value is -0.0900. The second-order valence-electron chi connectivity index (χ2n) is 9.64. The van der Waals surface area contributed by atoms with Gasteiger partial charge in [-0.1, -0.05) is 64.2 Å². The van der Waals surface area contributed by atoms with Gasteiger partial charge in [0.1, 0.15) is 0 Å². The van der Waals surface area contributed by atoms with Gasteiger partial charge in [-0.05, 0) is 43.4 Å². The topological polar surface area (TPSA) is 54.4 Å². The summed E-state index contributed by atoms with van der Waals surface area (Å²) in [6.45, 7) is 0. The van der Waals surface area contributed by atoms with Crippen molar-refractivity contribution in [1.82, 2.24) is 0 Å². The van der Waals surface area contributed by atoms with Gasteiger partial charge in [-0.25, -0.2) is 8.42 Å². The molecule has 0 aromatic rings. The number of aliphatic hydroxyl groups excluding tert-OH is 1. The summed E-state index contributed by atoms with van der Waals surface area (Å²) in [5, 5.41) is 11.5. The third-order valence-electron chi connectivity index (χ3n) is 8.23. The Balaban J connectivity index is 1.75. The first-order valence-corrected chi connectivity index (χ1v) is 12.6. The second-order valence-corrected chi connectivity index (χ2v) is 11.9. The van der Waals surface area contributed by atoms with Crippen molar-refractivity contribution < 1.29 is 13.5 Å². The van der Waals surface area contributed by atoms with Gasteiger partial charge in [0.25, 0.3) is 0 Å². The Morgan fingerprint density at radius 2 is 1.36 bits per heavy atom. The van der Waals surface area contributed by atoms with E-state index in [4.69, 9.17) is 0 Å². The van der Waals surface area contributed by atoms with E-state index in [1.54, 1.807) is 0 Å². The summed E-state index contributed by atoms with van der Waals surface area (Å²) in [6.07, 6.45) is 15.2. The molecule has 144 valence electrons. The van der Waals surface area contributed by atoms with Gasteiger partial charge in [0, 0.05) is 5.41 Å². The monoisotopic (exact) mass is 368 g/mol. The van der Waals surface area contributed by atoms with Crippen LogP contribution in [-0.2, 0) is 9.84 Å². The zero-order valence-electron chi connectivity index (χ0n) is 15.7. The fourth-order valence-corrected chi connectivity index (χ4v) is 9.92. The highest BCUT2D eigenvalue weighted by Crippen LogP contribution is 2.54. The molecule has 25 heavy (non-hydrogen) atoms. The Bertz CT molecular complexity index is 558. The minimum absolute atomic E-state index is 0.163. The molecular weight excluding hydrogens is 332 g/mol. The predicted molar refractivity (Wildman–Crippen MR) is 101 cm³/mol. The summed E-state index contributed by atoms with van der Waals surface area (Å²) in [7, 11) is -3.09. The fourth-order valence-electron chi connectivity index (χ4n) is 7.07. The summed E-state index contributed by atoms with van der Waals surface area (Å²) in [4.78, 5) is 0. The first-order chi connectivity index (χ1) is 12.0. The maximum absolute atomic E-state index is 13.4. The molecule has 0 amide bonds. The van der Waals surface area contributed by atoms with E-state index in [0.29, 0.717) is 5.92 Å². The molecule has 3 saturated carbocycles. The minimum atomic E-state index is -3.09. The van der Waals surface area contributed by atoms with Gasteiger partial charge in [0.05, 0.1) is 17.1 Å². The molecule has 3 aliphatic carbocycles. The maximum atomic E-state index is 13.4. The van der Waals surface area contributed by atoms with E-state index < -0.39 is 15.9 Å². The molecule has 4 rings (SSSR count). The van der Waals surface area contributed by atoms with Gasteiger partial charge >= 0.3 is 0 Å². The number of hydrogen-bond donors (Lipinski definition) is 1. The Morgan fingerprint density at radius 3 is 2.08 bits per heavy atom. The van der Waals surface area contributed by atoms with E-state index in [-0.39, 0.29) is 28.3 Å². The third kappa shape index (κ3) is 3.31. The largest absolute Gasteiger partial charge is 0.392 e. The van der Waals surface area contributed by atoms with E-state index in [2.05, 4.69) is 0 Å². The normalized spacial score (nSPS) is 41.8. The van der Waals surface area contributed by atoms with Crippen molar-refractivity contribution in [3.05, 3.63) is 0 Å². The summed E-state index contributed by atoms with van der Waals surface area (Å²) < 4.78 is 26.7. The van der Waals surface area contributed by atoms with E-state index >= 15 is 0 Å². The number of fused-ring (bicyclic) bond motifs is 1. The van der Waals surface area contributed by atoms with Gasteiger partial charge in [-0.2, -0.15) is 0 Å². The predicted octanol–water partition coefficient (Wildman–Crippen LogP) is 4.48. The molecule has 3 nitrogen and oxygen atoms in total. The molecule has 0 aromatic carbocycles. The lowest BCUT2D eigenvalue weighted by Crippen LogP contribution is -2.48. The van der Waals surface area contributed by atoms with E-state index in [1.807, 2.05) is 0 Å². The van der Waals surface area contributed by atoms with E-state index in [1.165, 1.54) is 38.5 Å². The van der Waals surface area contributed by atoms with Crippen LogP contribution < -0.4 is 0 Å². The highest BCUT2D eigenvalue weighted by Gasteiger charge is 2.56. The molecule has 4 atom stereocenters. The van der Waals surface area contributed by atoms with Crippen molar-refractivity contribution in [1.29, 1.82) is 0 Å². The molecule has 4 fully saturated rings. The van der Waals surface area contributed by atoms with Crippen LogP contribution in [0.3, 0.4) is 0 Å². The summed E-state index contributed by atoms with van der Waals surface area (Å²) in [5.74, 6) is 1.28. The van der Waals surface area contributed by atoms with Crippen molar-refractivity contribution in [2.75, 3.05) is 5.75 Å². The molecule has 0 radical (unpaired) electrons. The van der Waals surface area contributed by atoms with E-state index in [9.17, 15) is 13.5 Å². The summed E-state index contributed by atoms with van der Waals surface area (Å²) in [6, 6.07) is 0. The van der Waals surface area contributed by atoms with Crippen molar-refractivity contribution in [3.8, 4) is 0 Å². The van der Waals surface area contributed by atoms with Crippen LogP contribution in [-0.4, -0.2) is 30.6 Å². The SMILES string of the molecule is O=S1(=O)CC2(CCCCC2)C(O)C(C2CCCCC2)C2CCCCC21. The standard InChI is InChI=1S/C21H36O3S/c22-20-19(16-9-3-1-4-10-16)17-11-5-6-12-18(17)25(23,24)15-21(20)13-7-2-8-14-21/h16-20,22H,1-15H2. The van der Waals surface area contributed by atoms with Crippen LogP contribution in [0.5, 0.6) is 0 Å². The third-order valence-corrected chi connectivity index (χ3v) is 10.7. The minimum Gasteiger partial charge on any atom is -0.392 e. The van der Waals surface area contributed by atoms with Crippen molar-refractivity contribution in [2.24, 2.45) is 23.2 Å². The molecule has 1 aliphatic heterocycles. The fraction of sp³-hybridized carbons (Fsp3) is 1.00. The van der Waals surface area contributed by atoms with Gasteiger partial charge < -0.3 is 5.11 Å². The average molecular weight is 369 g/mol. The first kappa shape index (κ1) is 18.3. The molecule has 1 heterocycles. The van der Waals surface area contributed by atoms with Crippen molar-refractivity contribution >= 4 is 9.84 Å². The molecule has 4 heteroatoms. The number of rotatable bonds is 1. The lowest BCUT2D eigenvalue weighted by Gasteiger charge is -2.47. The van der Waals surface area contributed by atoms with Gasteiger partial charge in [-0.15, -0.1) is 0 Å². The molecule has 4 aliphatic rings.